The first-order chi connectivity index (χ1) is 5.52. The Hall–Kier alpha value is -2.05. The Labute approximate surface area is 67.1 Å². The van der Waals surface area contributed by atoms with Gasteiger partial charge in [-0.25, -0.2) is 9.66 Å². The van der Waals surface area contributed by atoms with Crippen molar-refractivity contribution in [1.29, 1.82) is 0 Å². The molecule has 0 spiro atoms. The van der Waals surface area contributed by atoms with Gasteiger partial charge >= 0.3 is 0 Å². The topological polar surface area (TPSA) is 130 Å². The number of hydrogen-bond acceptors (Lipinski definition) is 4. The third kappa shape index (κ3) is 1.19. The smallest absolute Gasteiger partial charge is 0.286 e. The highest BCUT2D eigenvalue weighted by Gasteiger charge is 2.13. The van der Waals surface area contributed by atoms with E-state index >= 15 is 0 Å². The van der Waals surface area contributed by atoms with E-state index in [0.717, 1.165) is 10.9 Å². The number of nitrogen functional groups attached to an aromatic ring is 1. The SMILES string of the molecule is NC(=O)c1cn(N)c(C(N)=O)n1. The number of primary amides is 2. The molecule has 2 amide bonds. The number of aromatic nitrogens is 2. The first kappa shape index (κ1) is 8.05. The van der Waals surface area contributed by atoms with Gasteiger partial charge in [-0.1, -0.05) is 0 Å². The third-order valence-electron chi connectivity index (χ3n) is 1.21. The van der Waals surface area contributed by atoms with Crippen LogP contribution in [0.25, 0.3) is 0 Å². The van der Waals surface area contributed by atoms with Crippen LogP contribution in [0.2, 0.25) is 0 Å². The lowest BCUT2D eigenvalue weighted by atomic mass is 10.5. The summed E-state index contributed by atoms with van der Waals surface area (Å²) in [6.07, 6.45) is 1.13. The fraction of sp³-hybridized carbons (Fsp3) is 0. The van der Waals surface area contributed by atoms with Crippen molar-refractivity contribution in [3.05, 3.63) is 17.7 Å². The second-order valence-electron chi connectivity index (χ2n) is 2.09. The van der Waals surface area contributed by atoms with Crippen LogP contribution in [-0.2, 0) is 0 Å². The van der Waals surface area contributed by atoms with Gasteiger partial charge in [0, 0.05) is 0 Å². The number of amides is 2. The number of hydrogen-bond donors (Lipinski definition) is 3. The van der Waals surface area contributed by atoms with Gasteiger partial charge in [0.25, 0.3) is 11.8 Å². The summed E-state index contributed by atoms with van der Waals surface area (Å²) in [4.78, 5) is 24.6. The lowest BCUT2D eigenvalue weighted by Crippen LogP contribution is -2.21. The molecule has 0 aliphatic carbocycles. The van der Waals surface area contributed by atoms with Crippen molar-refractivity contribution in [2.24, 2.45) is 11.5 Å². The zero-order chi connectivity index (χ0) is 9.30. The molecule has 0 radical (unpaired) electrons. The Bertz CT molecular complexity index is 342. The predicted octanol–water partition coefficient (Wildman–Crippen LogP) is -2.21. The Balaban J connectivity index is 3.17. The molecule has 12 heavy (non-hydrogen) atoms. The van der Waals surface area contributed by atoms with Gasteiger partial charge in [0.2, 0.25) is 5.82 Å². The number of nitrogens with zero attached hydrogens (tertiary/aromatic N) is 2. The quantitative estimate of drug-likeness (QED) is 0.433. The van der Waals surface area contributed by atoms with E-state index < -0.39 is 11.8 Å². The Morgan fingerprint density at radius 2 is 1.92 bits per heavy atom. The fourth-order valence-electron chi connectivity index (χ4n) is 0.695. The predicted molar refractivity (Wildman–Crippen MR) is 39.4 cm³/mol. The highest BCUT2D eigenvalue weighted by Crippen LogP contribution is 1.97. The molecule has 64 valence electrons. The average molecular weight is 169 g/mol. The number of carbonyl (C=O) groups excluding carboxylic acids is 2. The molecule has 0 saturated carbocycles. The molecule has 0 aromatic carbocycles. The number of nitrogens with two attached hydrogens (primary N) is 3. The molecule has 7 heteroatoms. The summed E-state index contributed by atoms with van der Waals surface area (Å²) in [6, 6.07) is 0. The number of rotatable bonds is 2. The minimum absolute atomic E-state index is 0.0914. The molecule has 7 nitrogen and oxygen atoms in total. The minimum Gasteiger partial charge on any atom is -0.364 e. The van der Waals surface area contributed by atoms with Crippen LogP contribution >= 0.6 is 0 Å². The molecule has 6 N–H and O–H groups in total. The molecule has 0 aliphatic heterocycles. The second kappa shape index (κ2) is 2.53. The Morgan fingerprint density at radius 1 is 1.33 bits per heavy atom. The van der Waals surface area contributed by atoms with E-state index in [0.29, 0.717) is 0 Å². The molecule has 0 fully saturated rings. The molecule has 0 saturated heterocycles. The maximum atomic E-state index is 10.6. The van der Waals surface area contributed by atoms with Crippen LogP contribution in [0.3, 0.4) is 0 Å². The Kier molecular flexibility index (Phi) is 1.70. The molecular formula is C5H7N5O2. The Morgan fingerprint density at radius 3 is 2.17 bits per heavy atom. The summed E-state index contributed by atoms with van der Waals surface area (Å²) < 4.78 is 0.850. The van der Waals surface area contributed by atoms with Gasteiger partial charge in [0.05, 0.1) is 6.20 Å². The fourth-order valence-corrected chi connectivity index (χ4v) is 0.695. The molecule has 1 aromatic rings. The van der Waals surface area contributed by atoms with E-state index in [-0.39, 0.29) is 11.5 Å². The standard InChI is InChI=1S/C5H7N5O2/c6-3(11)2-1-10(8)5(9-2)4(7)12/h1H,8H2,(H2,6,11)(H2,7,12). The summed E-state index contributed by atoms with van der Waals surface area (Å²) in [5.41, 5.74) is 9.66. The molecule has 0 unspecified atom stereocenters. The summed E-state index contributed by atoms with van der Waals surface area (Å²) in [6.45, 7) is 0. The largest absolute Gasteiger partial charge is 0.364 e. The van der Waals surface area contributed by atoms with Crippen molar-refractivity contribution in [2.75, 3.05) is 5.84 Å². The zero-order valence-electron chi connectivity index (χ0n) is 6.02. The van der Waals surface area contributed by atoms with Crippen LogP contribution < -0.4 is 17.3 Å². The van der Waals surface area contributed by atoms with Crippen LogP contribution in [0, 0.1) is 0 Å². The van der Waals surface area contributed by atoms with Gasteiger partial charge < -0.3 is 17.3 Å². The van der Waals surface area contributed by atoms with Crippen molar-refractivity contribution in [3.63, 3.8) is 0 Å². The van der Waals surface area contributed by atoms with E-state index in [1.807, 2.05) is 0 Å². The summed E-state index contributed by atoms with van der Waals surface area (Å²) in [5, 5.41) is 0. The van der Waals surface area contributed by atoms with Gasteiger partial charge in [-0.3, -0.25) is 9.59 Å². The monoisotopic (exact) mass is 169 g/mol. The molecule has 0 aliphatic rings. The van der Waals surface area contributed by atoms with Gasteiger partial charge in [-0.15, -0.1) is 0 Å². The van der Waals surface area contributed by atoms with E-state index in [2.05, 4.69) is 4.98 Å². The van der Waals surface area contributed by atoms with Crippen molar-refractivity contribution >= 4 is 11.8 Å². The third-order valence-corrected chi connectivity index (χ3v) is 1.21. The molecule has 1 heterocycles. The lowest BCUT2D eigenvalue weighted by molar-refractivity contribution is 0.0988. The second-order valence-corrected chi connectivity index (χ2v) is 2.09. The minimum atomic E-state index is -0.815. The first-order valence-corrected chi connectivity index (χ1v) is 2.96. The van der Waals surface area contributed by atoms with Gasteiger partial charge in [-0.2, -0.15) is 0 Å². The van der Waals surface area contributed by atoms with Crippen molar-refractivity contribution in [3.8, 4) is 0 Å². The van der Waals surface area contributed by atoms with Gasteiger partial charge in [0.15, 0.2) is 0 Å². The summed E-state index contributed by atoms with van der Waals surface area (Å²) in [7, 11) is 0. The van der Waals surface area contributed by atoms with E-state index in [1.165, 1.54) is 0 Å². The number of imidazole rings is 1. The van der Waals surface area contributed by atoms with Crippen LogP contribution in [0.5, 0.6) is 0 Å². The highest BCUT2D eigenvalue weighted by molar-refractivity contribution is 5.94. The first-order valence-electron chi connectivity index (χ1n) is 2.96. The summed E-state index contributed by atoms with van der Waals surface area (Å²) >= 11 is 0. The van der Waals surface area contributed by atoms with Crippen LogP contribution in [0.4, 0.5) is 0 Å². The number of carbonyl (C=O) groups is 2. The van der Waals surface area contributed by atoms with Crippen LogP contribution in [0.1, 0.15) is 21.1 Å². The average Bonchev–Trinajstić information content (AvgIpc) is 2.30. The maximum Gasteiger partial charge on any atom is 0.286 e. The lowest BCUT2D eigenvalue weighted by Gasteiger charge is -1.92. The van der Waals surface area contributed by atoms with Gasteiger partial charge in [0.1, 0.15) is 5.69 Å². The molecule has 1 rings (SSSR count). The van der Waals surface area contributed by atoms with Crippen molar-refractivity contribution < 1.29 is 9.59 Å². The normalized spacial score (nSPS) is 9.67. The van der Waals surface area contributed by atoms with Gasteiger partial charge in [-0.05, 0) is 0 Å². The molecule has 0 bridgehead atoms. The zero-order valence-corrected chi connectivity index (χ0v) is 6.02. The molecule has 1 aromatic heterocycles. The van der Waals surface area contributed by atoms with Crippen molar-refractivity contribution in [1.82, 2.24) is 9.66 Å². The van der Waals surface area contributed by atoms with E-state index in [1.54, 1.807) is 0 Å². The van der Waals surface area contributed by atoms with E-state index in [4.69, 9.17) is 17.3 Å². The molecule has 0 atom stereocenters. The van der Waals surface area contributed by atoms with Crippen LogP contribution in [-0.4, -0.2) is 21.5 Å². The highest BCUT2D eigenvalue weighted by atomic mass is 16.2. The maximum absolute atomic E-state index is 10.6. The van der Waals surface area contributed by atoms with Crippen molar-refractivity contribution in [2.45, 2.75) is 0 Å². The molecular weight excluding hydrogens is 162 g/mol. The summed E-state index contributed by atoms with van der Waals surface area (Å²) in [5.74, 6) is 3.44. The van der Waals surface area contributed by atoms with Crippen LogP contribution in [0.15, 0.2) is 6.20 Å². The van der Waals surface area contributed by atoms with E-state index in [9.17, 15) is 9.59 Å².